The van der Waals surface area contributed by atoms with Crippen LogP contribution in [0.5, 0.6) is 0 Å². The van der Waals surface area contributed by atoms with E-state index in [4.69, 9.17) is 11.5 Å². The Bertz CT molecular complexity index is 404. The summed E-state index contributed by atoms with van der Waals surface area (Å²) >= 11 is 0. The fraction of sp³-hybridized carbons (Fsp3) is 0.333. The summed E-state index contributed by atoms with van der Waals surface area (Å²) in [5, 5.41) is 2.74. The number of halogens is 1. The Morgan fingerprint density at radius 2 is 1.83 bits per heavy atom. The molecule has 5 N–H and O–H groups in total. The van der Waals surface area contributed by atoms with Crippen LogP contribution in [-0.2, 0) is 11.3 Å². The van der Waals surface area contributed by atoms with E-state index in [0.717, 1.165) is 5.56 Å². The molecular weight excluding hydrogens is 254 g/mol. The van der Waals surface area contributed by atoms with E-state index < -0.39 is 5.91 Å². The number of carbonyl (C=O) groups excluding carboxylic acids is 2. The van der Waals surface area contributed by atoms with Crippen LogP contribution in [0.15, 0.2) is 24.3 Å². The molecule has 0 spiro atoms. The zero-order chi connectivity index (χ0) is 12.8. The standard InChI is InChI=1S/C12H17N3O2.ClH/c1-8(13)6-11(16)15-7-9-2-4-10(5-3-9)12(14)17;/h2-5,8H,6-7,13H2,1H3,(H2,14,17)(H,15,16);1H. The molecule has 0 aliphatic rings. The first-order valence-electron chi connectivity index (χ1n) is 5.40. The number of hydrogen-bond donors (Lipinski definition) is 3. The molecule has 1 aromatic rings. The Hall–Kier alpha value is -1.59. The zero-order valence-electron chi connectivity index (χ0n) is 10.2. The highest BCUT2D eigenvalue weighted by Crippen LogP contribution is 2.03. The van der Waals surface area contributed by atoms with Crippen LogP contribution in [0.2, 0.25) is 0 Å². The molecule has 5 nitrogen and oxygen atoms in total. The maximum atomic E-state index is 11.3. The Labute approximate surface area is 112 Å². The van der Waals surface area contributed by atoms with Gasteiger partial charge in [-0.05, 0) is 24.6 Å². The summed E-state index contributed by atoms with van der Waals surface area (Å²) < 4.78 is 0. The van der Waals surface area contributed by atoms with Crippen molar-refractivity contribution in [1.29, 1.82) is 0 Å². The lowest BCUT2D eigenvalue weighted by Crippen LogP contribution is -2.29. The van der Waals surface area contributed by atoms with Gasteiger partial charge in [0.1, 0.15) is 0 Å². The number of carbonyl (C=O) groups is 2. The Morgan fingerprint density at radius 1 is 1.28 bits per heavy atom. The fourth-order valence-corrected chi connectivity index (χ4v) is 1.35. The highest BCUT2D eigenvalue weighted by Gasteiger charge is 2.05. The van der Waals surface area contributed by atoms with Gasteiger partial charge < -0.3 is 16.8 Å². The van der Waals surface area contributed by atoms with Crippen LogP contribution in [0.3, 0.4) is 0 Å². The molecule has 1 aromatic carbocycles. The third kappa shape index (κ3) is 5.65. The predicted molar refractivity (Wildman–Crippen MR) is 72.3 cm³/mol. The normalized spacial score (nSPS) is 11.2. The Balaban J connectivity index is 0.00000289. The van der Waals surface area contributed by atoms with Crippen molar-refractivity contribution in [1.82, 2.24) is 5.32 Å². The molecule has 6 heteroatoms. The van der Waals surface area contributed by atoms with Crippen LogP contribution in [-0.4, -0.2) is 17.9 Å². The monoisotopic (exact) mass is 271 g/mol. The van der Waals surface area contributed by atoms with Crippen LogP contribution in [0.1, 0.15) is 29.3 Å². The van der Waals surface area contributed by atoms with Gasteiger partial charge in [0, 0.05) is 24.6 Å². The van der Waals surface area contributed by atoms with Crippen LogP contribution in [0, 0.1) is 0 Å². The summed E-state index contributed by atoms with van der Waals surface area (Å²) in [5.41, 5.74) is 12.0. The van der Waals surface area contributed by atoms with Gasteiger partial charge in [-0.1, -0.05) is 12.1 Å². The van der Waals surface area contributed by atoms with E-state index in [0.29, 0.717) is 18.5 Å². The first kappa shape index (κ1) is 16.4. The average Bonchev–Trinajstić information content (AvgIpc) is 2.26. The maximum absolute atomic E-state index is 11.3. The van der Waals surface area contributed by atoms with Gasteiger partial charge in [-0.25, -0.2) is 0 Å². The van der Waals surface area contributed by atoms with Crippen molar-refractivity contribution in [3.8, 4) is 0 Å². The molecule has 100 valence electrons. The molecule has 1 atom stereocenters. The summed E-state index contributed by atoms with van der Waals surface area (Å²) in [6.45, 7) is 2.20. The van der Waals surface area contributed by atoms with Crippen molar-refractivity contribution >= 4 is 24.2 Å². The second-order valence-corrected chi connectivity index (χ2v) is 4.02. The van der Waals surface area contributed by atoms with E-state index >= 15 is 0 Å². The number of amides is 2. The molecule has 0 fully saturated rings. The number of primary amides is 1. The smallest absolute Gasteiger partial charge is 0.248 e. The third-order valence-corrected chi connectivity index (χ3v) is 2.24. The number of benzene rings is 1. The van der Waals surface area contributed by atoms with Gasteiger partial charge in [-0.3, -0.25) is 9.59 Å². The molecule has 1 unspecified atom stereocenters. The van der Waals surface area contributed by atoms with Crippen LogP contribution < -0.4 is 16.8 Å². The van der Waals surface area contributed by atoms with Gasteiger partial charge >= 0.3 is 0 Å². The van der Waals surface area contributed by atoms with Crippen LogP contribution >= 0.6 is 12.4 Å². The SMILES string of the molecule is CC(N)CC(=O)NCc1ccc(C(N)=O)cc1.Cl. The lowest BCUT2D eigenvalue weighted by Gasteiger charge is -2.07. The molecule has 0 aliphatic heterocycles. The molecule has 2 amide bonds. The van der Waals surface area contributed by atoms with Gasteiger partial charge in [0.25, 0.3) is 0 Å². The summed E-state index contributed by atoms with van der Waals surface area (Å²) in [5.74, 6) is -0.545. The number of rotatable bonds is 5. The van der Waals surface area contributed by atoms with Crippen molar-refractivity contribution in [2.75, 3.05) is 0 Å². The van der Waals surface area contributed by atoms with E-state index in [1.165, 1.54) is 0 Å². The van der Waals surface area contributed by atoms with Gasteiger partial charge in [-0.15, -0.1) is 12.4 Å². The fourth-order valence-electron chi connectivity index (χ4n) is 1.35. The first-order chi connectivity index (χ1) is 7.99. The lowest BCUT2D eigenvalue weighted by molar-refractivity contribution is -0.121. The van der Waals surface area contributed by atoms with E-state index in [-0.39, 0.29) is 24.4 Å². The summed E-state index contributed by atoms with van der Waals surface area (Å²) in [4.78, 5) is 22.2. The molecular formula is C12H18ClN3O2. The first-order valence-corrected chi connectivity index (χ1v) is 5.40. The number of hydrogen-bond acceptors (Lipinski definition) is 3. The molecule has 0 radical (unpaired) electrons. The van der Waals surface area contributed by atoms with Gasteiger partial charge in [-0.2, -0.15) is 0 Å². The molecule has 0 saturated carbocycles. The minimum absolute atomic E-state index is 0. The minimum Gasteiger partial charge on any atom is -0.366 e. The summed E-state index contributed by atoms with van der Waals surface area (Å²) in [7, 11) is 0. The molecule has 0 aliphatic carbocycles. The number of nitrogens with one attached hydrogen (secondary N) is 1. The van der Waals surface area contributed by atoms with Gasteiger partial charge in [0.05, 0.1) is 0 Å². The third-order valence-electron chi connectivity index (χ3n) is 2.24. The molecule has 1 rings (SSSR count). The van der Waals surface area contributed by atoms with Crippen molar-refractivity contribution in [3.63, 3.8) is 0 Å². The lowest BCUT2D eigenvalue weighted by atomic mass is 10.1. The zero-order valence-corrected chi connectivity index (χ0v) is 11.0. The van der Waals surface area contributed by atoms with Crippen molar-refractivity contribution in [2.45, 2.75) is 25.9 Å². The molecule has 0 aromatic heterocycles. The minimum atomic E-state index is -0.461. The quantitative estimate of drug-likeness (QED) is 0.730. The van der Waals surface area contributed by atoms with E-state index in [1.807, 2.05) is 0 Å². The second kappa shape index (κ2) is 7.68. The Kier molecular flexibility index (Phi) is 7.00. The number of nitrogens with two attached hydrogens (primary N) is 2. The van der Waals surface area contributed by atoms with E-state index in [1.54, 1.807) is 31.2 Å². The Morgan fingerprint density at radius 3 is 2.28 bits per heavy atom. The molecule has 18 heavy (non-hydrogen) atoms. The summed E-state index contributed by atoms with van der Waals surface area (Å²) in [6, 6.07) is 6.63. The molecule has 0 saturated heterocycles. The van der Waals surface area contributed by atoms with Crippen LogP contribution in [0.25, 0.3) is 0 Å². The molecule has 0 bridgehead atoms. The summed E-state index contributed by atoms with van der Waals surface area (Å²) in [6.07, 6.45) is 0.305. The average molecular weight is 272 g/mol. The van der Waals surface area contributed by atoms with Gasteiger partial charge in [0.15, 0.2) is 0 Å². The predicted octanol–water partition coefficient (Wildman–Crippen LogP) is 0.561. The highest BCUT2D eigenvalue weighted by molar-refractivity contribution is 5.92. The maximum Gasteiger partial charge on any atom is 0.248 e. The van der Waals surface area contributed by atoms with Crippen molar-refractivity contribution < 1.29 is 9.59 Å². The molecule has 0 heterocycles. The highest BCUT2D eigenvalue weighted by atomic mass is 35.5. The van der Waals surface area contributed by atoms with Crippen molar-refractivity contribution in [2.24, 2.45) is 11.5 Å². The van der Waals surface area contributed by atoms with Crippen LogP contribution in [0.4, 0.5) is 0 Å². The van der Waals surface area contributed by atoms with E-state index in [9.17, 15) is 9.59 Å². The van der Waals surface area contributed by atoms with Gasteiger partial charge in [0.2, 0.25) is 11.8 Å². The second-order valence-electron chi connectivity index (χ2n) is 4.02. The largest absolute Gasteiger partial charge is 0.366 e. The topological polar surface area (TPSA) is 98.2 Å². The van der Waals surface area contributed by atoms with Crippen molar-refractivity contribution in [3.05, 3.63) is 35.4 Å². The van der Waals surface area contributed by atoms with E-state index in [2.05, 4.69) is 5.32 Å².